The minimum Gasteiger partial charge on any atom is -0.406 e. The monoisotopic (exact) mass is 740 g/mol. The Labute approximate surface area is 299 Å². The van der Waals surface area contributed by atoms with Gasteiger partial charge in [0.05, 0.1) is 6.54 Å². The Bertz CT molecular complexity index is 2100. The van der Waals surface area contributed by atoms with Crippen molar-refractivity contribution >= 4 is 17.6 Å². The van der Waals surface area contributed by atoms with Crippen molar-refractivity contribution in [1.82, 2.24) is 39.4 Å². The van der Waals surface area contributed by atoms with Crippen LogP contribution in [0.15, 0.2) is 85.2 Å². The van der Waals surface area contributed by atoms with Crippen LogP contribution in [-0.4, -0.2) is 79.3 Å². The molecule has 2 saturated heterocycles. The number of aromatic nitrogens is 6. The van der Waals surface area contributed by atoms with Crippen molar-refractivity contribution in [3.63, 3.8) is 0 Å². The molecule has 2 aromatic carbocycles. The van der Waals surface area contributed by atoms with Gasteiger partial charge in [-0.05, 0) is 123 Å². The molecule has 53 heavy (non-hydrogen) atoms. The predicted octanol–water partition coefficient (Wildman–Crippen LogP) is 7.37. The van der Waals surface area contributed by atoms with Crippen LogP contribution in [0, 0.1) is 0 Å². The van der Waals surface area contributed by atoms with Gasteiger partial charge in [-0.2, -0.15) is 0 Å². The van der Waals surface area contributed by atoms with E-state index in [1.807, 2.05) is 22.7 Å². The first-order chi connectivity index (χ1) is 25.4. The number of nitrogens with one attached hydrogen (secondary N) is 1. The van der Waals surface area contributed by atoms with Gasteiger partial charge in [0.15, 0.2) is 23.4 Å². The molecule has 0 amide bonds. The van der Waals surface area contributed by atoms with Gasteiger partial charge in [0.25, 0.3) is 0 Å². The van der Waals surface area contributed by atoms with Crippen LogP contribution in [0.5, 0.6) is 11.5 Å². The topological polar surface area (TPSA) is 111 Å². The van der Waals surface area contributed by atoms with E-state index in [1.54, 1.807) is 30.5 Å². The van der Waals surface area contributed by atoms with Gasteiger partial charge in [-0.3, -0.25) is 18.5 Å². The molecule has 0 saturated carbocycles. The first kappa shape index (κ1) is 37.2. The second kappa shape index (κ2) is 16.4. The highest BCUT2D eigenvalue weighted by Crippen LogP contribution is 2.28. The Hall–Kier alpha value is -5.55. The minimum absolute atomic E-state index is 0.147. The van der Waals surface area contributed by atoms with Crippen molar-refractivity contribution in [3.8, 4) is 33.8 Å². The molecule has 2 fully saturated rings. The summed E-state index contributed by atoms with van der Waals surface area (Å²) in [6.07, 6.45) is -0.0963. The van der Waals surface area contributed by atoms with E-state index < -0.39 is 12.7 Å². The lowest BCUT2D eigenvalue weighted by molar-refractivity contribution is -0.275. The molecule has 0 aliphatic carbocycles. The summed E-state index contributed by atoms with van der Waals surface area (Å²) in [6.45, 7) is 5.37. The number of likely N-dealkylation sites (tertiary alicyclic amines) is 1. The molecule has 0 spiro atoms. The number of halogens is 6. The van der Waals surface area contributed by atoms with Crippen LogP contribution in [-0.2, 0) is 6.54 Å². The summed E-state index contributed by atoms with van der Waals surface area (Å²) in [6, 6.07) is 18.4. The van der Waals surface area contributed by atoms with Gasteiger partial charge in [0, 0.05) is 12.4 Å². The Morgan fingerprint density at radius 1 is 0.604 bits per heavy atom. The number of pyridine rings is 2. The zero-order chi connectivity index (χ0) is 37.4. The second-order valence-corrected chi connectivity index (χ2v) is 12.2. The molecular formula is C36H34F6N8O3. The molecule has 6 aromatic rings. The zero-order valence-electron chi connectivity index (χ0n) is 28.1. The first-order valence-electron chi connectivity index (χ1n) is 16.7. The number of benzene rings is 2. The largest absolute Gasteiger partial charge is 0.573 e. The number of carbonyl (C=O) groups is 1. The number of hydrogen-bond acceptors (Lipinski definition) is 9. The van der Waals surface area contributed by atoms with E-state index in [4.69, 9.17) is 0 Å². The molecule has 2 aliphatic rings. The van der Waals surface area contributed by atoms with E-state index in [2.05, 4.69) is 40.1 Å². The van der Waals surface area contributed by atoms with Crippen LogP contribution in [0.1, 0.15) is 42.1 Å². The van der Waals surface area contributed by atoms with Crippen molar-refractivity contribution in [3.05, 3.63) is 96.8 Å². The van der Waals surface area contributed by atoms with Crippen molar-refractivity contribution < 1.29 is 40.6 Å². The maximum Gasteiger partial charge on any atom is 0.573 e. The van der Waals surface area contributed by atoms with Crippen molar-refractivity contribution in [2.45, 2.75) is 45.0 Å². The molecule has 17 heteroatoms. The molecular weight excluding hydrogens is 706 g/mol. The number of rotatable bonds is 7. The number of aldehydes is 1. The summed E-state index contributed by atoms with van der Waals surface area (Å²) in [4.78, 5) is 13.2. The fourth-order valence-corrected chi connectivity index (χ4v) is 5.84. The molecule has 0 bridgehead atoms. The Morgan fingerprint density at radius 3 is 1.55 bits per heavy atom. The van der Waals surface area contributed by atoms with Gasteiger partial charge in [0.2, 0.25) is 5.82 Å². The molecule has 278 valence electrons. The van der Waals surface area contributed by atoms with Gasteiger partial charge in [-0.15, -0.1) is 46.7 Å². The van der Waals surface area contributed by atoms with Gasteiger partial charge < -0.3 is 14.8 Å². The molecule has 4 aromatic heterocycles. The average molecular weight is 741 g/mol. The van der Waals surface area contributed by atoms with Crippen LogP contribution in [0.3, 0.4) is 0 Å². The third kappa shape index (κ3) is 10.3. The van der Waals surface area contributed by atoms with Gasteiger partial charge in [-0.25, -0.2) is 0 Å². The van der Waals surface area contributed by atoms with Crippen molar-refractivity contribution in [2.24, 2.45) is 0 Å². The number of hydrogen-bond donors (Lipinski definition) is 1. The van der Waals surface area contributed by atoms with Crippen molar-refractivity contribution in [1.29, 1.82) is 0 Å². The van der Waals surface area contributed by atoms with Crippen LogP contribution in [0.25, 0.3) is 33.5 Å². The Balaban J connectivity index is 0.000000162. The molecule has 0 unspecified atom stereocenters. The first-order valence-corrected chi connectivity index (χ1v) is 16.7. The number of carbonyl (C=O) groups excluding carboxylic acids is 1. The van der Waals surface area contributed by atoms with Gasteiger partial charge in [-0.1, -0.05) is 24.3 Å². The molecule has 0 atom stereocenters. The lowest BCUT2D eigenvalue weighted by atomic mass is 10.1. The van der Waals surface area contributed by atoms with Gasteiger partial charge in [0.1, 0.15) is 11.5 Å². The van der Waals surface area contributed by atoms with Crippen LogP contribution >= 0.6 is 0 Å². The fraction of sp³-hybridized carbons (Fsp3) is 0.306. The summed E-state index contributed by atoms with van der Waals surface area (Å²) in [5.41, 5.74) is 4.29. The molecule has 2 aliphatic heterocycles. The van der Waals surface area contributed by atoms with Gasteiger partial charge >= 0.3 is 12.7 Å². The highest BCUT2D eigenvalue weighted by Gasteiger charge is 2.31. The smallest absolute Gasteiger partial charge is 0.406 e. The maximum atomic E-state index is 12.3. The average Bonchev–Trinajstić information content (AvgIpc) is 3.97. The van der Waals surface area contributed by atoms with Crippen LogP contribution in [0.4, 0.5) is 26.3 Å². The molecule has 8 rings (SSSR count). The highest BCUT2D eigenvalue weighted by molar-refractivity contribution is 5.73. The van der Waals surface area contributed by atoms with Crippen molar-refractivity contribution in [2.75, 3.05) is 26.2 Å². The number of nitrogens with zero attached hydrogens (tertiary/aromatic N) is 7. The van der Waals surface area contributed by atoms with E-state index in [0.717, 1.165) is 42.2 Å². The standard InChI is InChI=1S/C18H17F3N4O.C14H8F3N3O2.C4H9N/c19-18(20,21)26-15-6-3-13(4-7-15)14-5-8-16-22-23-17(25(16)11-14)12-24-9-1-2-10-24;15-14(16,17)22-11-4-1-9(2-5-11)10-3-6-12-18-19-13(8-21)20(12)7-10;1-2-4-5-3-1/h3-8,11H,1-2,9-10,12H2;1-8H;5H,1-4H2. The number of alkyl halides is 6. The predicted molar refractivity (Wildman–Crippen MR) is 182 cm³/mol. The SMILES string of the molecule is C1CCNC1.FC(F)(F)Oc1ccc(-c2ccc3nnc(CN4CCCC4)n3c2)cc1.O=Cc1nnc2ccc(-c3ccc(OC(F)(F)F)cc3)cn12. The summed E-state index contributed by atoms with van der Waals surface area (Å²) in [5.74, 6) is 0.478. The third-order valence-electron chi connectivity index (χ3n) is 8.37. The lowest BCUT2D eigenvalue weighted by Gasteiger charge is -2.13. The summed E-state index contributed by atoms with van der Waals surface area (Å²) in [7, 11) is 0. The molecule has 6 heterocycles. The lowest BCUT2D eigenvalue weighted by Crippen LogP contribution is -2.20. The minimum atomic E-state index is -4.72. The second-order valence-electron chi connectivity index (χ2n) is 12.2. The van der Waals surface area contributed by atoms with E-state index in [0.29, 0.717) is 23.1 Å². The normalized spacial score (nSPS) is 14.8. The van der Waals surface area contributed by atoms with E-state index in [9.17, 15) is 31.1 Å². The van der Waals surface area contributed by atoms with E-state index in [-0.39, 0.29) is 17.3 Å². The third-order valence-corrected chi connectivity index (χ3v) is 8.37. The molecule has 1 N–H and O–H groups in total. The van der Waals surface area contributed by atoms with Crippen LogP contribution < -0.4 is 14.8 Å². The van der Waals surface area contributed by atoms with E-state index >= 15 is 0 Å². The quantitative estimate of drug-likeness (QED) is 0.133. The summed E-state index contributed by atoms with van der Waals surface area (Å²) < 4.78 is 84.3. The van der Waals surface area contributed by atoms with Crippen LogP contribution in [0.2, 0.25) is 0 Å². The summed E-state index contributed by atoms with van der Waals surface area (Å²) >= 11 is 0. The highest BCUT2D eigenvalue weighted by atomic mass is 19.4. The zero-order valence-corrected chi connectivity index (χ0v) is 28.1. The molecule has 11 nitrogen and oxygen atoms in total. The number of fused-ring (bicyclic) bond motifs is 2. The number of ether oxygens (including phenoxy) is 2. The fourth-order valence-electron chi connectivity index (χ4n) is 5.84. The Kier molecular flexibility index (Phi) is 11.5. The summed E-state index contributed by atoms with van der Waals surface area (Å²) in [5, 5.41) is 19.2. The molecule has 0 radical (unpaired) electrons. The Morgan fingerprint density at radius 2 is 1.08 bits per heavy atom. The maximum absolute atomic E-state index is 12.3. The van der Waals surface area contributed by atoms with E-state index in [1.165, 1.54) is 79.6 Å².